The zero-order valence-electron chi connectivity index (χ0n) is 29.3. The Bertz CT molecular complexity index is 1070. The first-order valence-corrected chi connectivity index (χ1v) is 19.6. The van der Waals surface area contributed by atoms with Crippen molar-refractivity contribution in [3.8, 4) is 34.8 Å². The van der Waals surface area contributed by atoms with Crippen LogP contribution in [0.15, 0.2) is 33.2 Å². The van der Waals surface area contributed by atoms with Crippen molar-refractivity contribution in [2.45, 2.75) is 142 Å². The van der Waals surface area contributed by atoms with Crippen LogP contribution in [0.25, 0.3) is 0 Å². The minimum Gasteiger partial charge on any atom is -0.495 e. The Morgan fingerprint density at radius 2 is 0.739 bits per heavy atom. The fraction of sp³-hybridized carbons (Fsp3) is 0.650. The fourth-order valence-corrected chi connectivity index (χ4v) is 6.38. The molecule has 0 atom stereocenters. The van der Waals surface area contributed by atoms with Gasteiger partial charge >= 0.3 is 0 Å². The van der Waals surface area contributed by atoms with E-state index in [2.05, 4.69) is 57.5 Å². The van der Waals surface area contributed by atoms with Crippen molar-refractivity contribution in [2.75, 3.05) is 27.4 Å². The highest BCUT2D eigenvalue weighted by Gasteiger charge is 2.12. The minimum atomic E-state index is 0.689. The quantitative estimate of drug-likeness (QED) is 0.0706. The van der Waals surface area contributed by atoms with Crippen molar-refractivity contribution < 1.29 is 18.9 Å². The maximum Gasteiger partial charge on any atom is 0.135 e. The summed E-state index contributed by atoms with van der Waals surface area (Å²) in [6.45, 7) is 5.92. The SMILES string of the molecule is CCCCCCCCCCCCOc1cc(C#Cc2cc(OCCCCCCCCCCCC)c(Br)cc2OC)c(OC)cc1Br. The molecule has 0 bridgehead atoms. The molecule has 2 aromatic rings. The van der Waals surface area contributed by atoms with Crippen LogP contribution >= 0.6 is 31.9 Å². The largest absolute Gasteiger partial charge is 0.495 e. The minimum absolute atomic E-state index is 0.689. The molecule has 0 aliphatic carbocycles. The summed E-state index contributed by atoms with van der Waals surface area (Å²) in [5.41, 5.74) is 1.53. The van der Waals surface area contributed by atoms with Crippen LogP contribution in [0, 0.1) is 11.8 Å². The third-order valence-electron chi connectivity index (χ3n) is 8.35. The summed E-state index contributed by atoms with van der Waals surface area (Å²) >= 11 is 7.30. The monoisotopic (exact) mass is 762 g/mol. The molecular formula is C40H60Br2O4. The third kappa shape index (κ3) is 16.8. The van der Waals surface area contributed by atoms with E-state index < -0.39 is 0 Å². The van der Waals surface area contributed by atoms with Gasteiger partial charge in [0.1, 0.15) is 23.0 Å². The summed E-state index contributed by atoms with van der Waals surface area (Å²) in [4.78, 5) is 0. The lowest BCUT2D eigenvalue weighted by atomic mass is 10.1. The van der Waals surface area contributed by atoms with Crippen molar-refractivity contribution in [2.24, 2.45) is 0 Å². The molecule has 0 aliphatic rings. The van der Waals surface area contributed by atoms with Crippen LogP contribution in [0.4, 0.5) is 0 Å². The number of hydrogen-bond acceptors (Lipinski definition) is 4. The van der Waals surface area contributed by atoms with Crippen molar-refractivity contribution >= 4 is 31.9 Å². The van der Waals surface area contributed by atoms with Crippen molar-refractivity contribution in [1.29, 1.82) is 0 Å². The molecule has 0 heterocycles. The predicted molar refractivity (Wildman–Crippen MR) is 202 cm³/mol. The first-order chi connectivity index (χ1) is 22.5. The fourth-order valence-electron chi connectivity index (χ4n) is 5.50. The third-order valence-corrected chi connectivity index (χ3v) is 9.59. The Kier molecular flexibility index (Phi) is 22.9. The molecule has 4 nitrogen and oxygen atoms in total. The molecule has 258 valence electrons. The van der Waals surface area contributed by atoms with Gasteiger partial charge < -0.3 is 18.9 Å². The molecule has 2 rings (SSSR count). The molecule has 0 aliphatic heterocycles. The number of halogens is 2. The molecule has 6 heteroatoms. The van der Waals surface area contributed by atoms with Crippen molar-refractivity contribution in [3.63, 3.8) is 0 Å². The molecule has 0 radical (unpaired) electrons. The van der Waals surface area contributed by atoms with Gasteiger partial charge in [0.15, 0.2) is 0 Å². The second-order valence-corrected chi connectivity index (χ2v) is 14.0. The van der Waals surface area contributed by atoms with Crippen LogP contribution in [0.5, 0.6) is 23.0 Å². The molecule has 0 N–H and O–H groups in total. The van der Waals surface area contributed by atoms with Gasteiger partial charge in [0.2, 0.25) is 0 Å². The van der Waals surface area contributed by atoms with Gasteiger partial charge in [-0.05, 0) is 56.8 Å². The first-order valence-electron chi connectivity index (χ1n) is 18.1. The molecule has 0 saturated carbocycles. The van der Waals surface area contributed by atoms with Crippen LogP contribution in [0.1, 0.15) is 153 Å². The second kappa shape index (κ2) is 26.2. The van der Waals surface area contributed by atoms with E-state index in [1.807, 2.05) is 24.3 Å². The van der Waals surface area contributed by atoms with Gasteiger partial charge in [-0.15, -0.1) is 0 Å². The van der Waals surface area contributed by atoms with E-state index in [0.29, 0.717) is 24.7 Å². The number of unbranched alkanes of at least 4 members (excludes halogenated alkanes) is 18. The Labute approximate surface area is 298 Å². The summed E-state index contributed by atoms with van der Waals surface area (Å²) in [6.07, 6.45) is 26.1. The van der Waals surface area contributed by atoms with E-state index in [4.69, 9.17) is 18.9 Å². The topological polar surface area (TPSA) is 36.9 Å². The van der Waals surface area contributed by atoms with Gasteiger partial charge in [0.25, 0.3) is 0 Å². The average molecular weight is 765 g/mol. The molecular weight excluding hydrogens is 704 g/mol. The highest BCUT2D eigenvalue weighted by Crippen LogP contribution is 2.35. The van der Waals surface area contributed by atoms with E-state index in [1.54, 1.807) is 14.2 Å². The number of rotatable bonds is 26. The summed E-state index contributed by atoms with van der Waals surface area (Å²) in [7, 11) is 3.33. The van der Waals surface area contributed by atoms with Crippen molar-refractivity contribution in [1.82, 2.24) is 0 Å². The average Bonchev–Trinajstić information content (AvgIpc) is 3.06. The second-order valence-electron chi connectivity index (χ2n) is 12.3. The Morgan fingerprint density at radius 3 is 1.04 bits per heavy atom. The molecule has 0 fully saturated rings. The van der Waals surface area contributed by atoms with E-state index in [-0.39, 0.29) is 0 Å². The van der Waals surface area contributed by atoms with Gasteiger partial charge in [0.05, 0.1) is 47.5 Å². The number of hydrogen-bond donors (Lipinski definition) is 0. The molecule has 0 aromatic heterocycles. The van der Waals surface area contributed by atoms with Crippen LogP contribution in [-0.2, 0) is 0 Å². The van der Waals surface area contributed by atoms with Gasteiger partial charge in [-0.2, -0.15) is 0 Å². The normalized spacial score (nSPS) is 10.8. The van der Waals surface area contributed by atoms with Crippen LogP contribution in [0.3, 0.4) is 0 Å². The Hall–Kier alpha value is -1.84. The lowest BCUT2D eigenvalue weighted by Gasteiger charge is -2.12. The Balaban J connectivity index is 1.89. The molecule has 46 heavy (non-hydrogen) atoms. The van der Waals surface area contributed by atoms with Crippen LogP contribution in [-0.4, -0.2) is 27.4 Å². The molecule has 0 unspecified atom stereocenters. The van der Waals surface area contributed by atoms with Gasteiger partial charge in [-0.1, -0.05) is 141 Å². The lowest BCUT2D eigenvalue weighted by Crippen LogP contribution is -2.00. The molecule has 2 aromatic carbocycles. The van der Waals surface area contributed by atoms with E-state index in [9.17, 15) is 0 Å². The number of methoxy groups -OCH3 is 2. The standard InChI is InChI=1S/C40H60Br2O4/c1-5-7-9-11-13-15-17-19-21-23-27-45-39-29-33(37(43-3)31-35(39)41)25-26-34-30-40(36(42)32-38(34)44-4)46-28-24-22-20-18-16-14-12-10-8-6-2/h29-32H,5-24,27-28H2,1-4H3. The summed E-state index contributed by atoms with van der Waals surface area (Å²) in [5, 5.41) is 0. The van der Waals surface area contributed by atoms with Crippen molar-refractivity contribution in [3.05, 3.63) is 44.3 Å². The number of ether oxygens (including phenoxy) is 4. The molecule has 0 amide bonds. The smallest absolute Gasteiger partial charge is 0.135 e. The summed E-state index contributed by atoms with van der Waals surface area (Å²) in [5.74, 6) is 9.55. The van der Waals surface area contributed by atoms with Crippen LogP contribution in [0.2, 0.25) is 0 Å². The van der Waals surface area contributed by atoms with Gasteiger partial charge in [-0.3, -0.25) is 0 Å². The lowest BCUT2D eigenvalue weighted by molar-refractivity contribution is 0.301. The molecule has 0 saturated heterocycles. The van der Waals surface area contributed by atoms with Gasteiger partial charge in [-0.25, -0.2) is 0 Å². The van der Waals surface area contributed by atoms with E-state index in [1.165, 1.54) is 116 Å². The van der Waals surface area contributed by atoms with E-state index in [0.717, 1.165) is 44.4 Å². The summed E-state index contributed by atoms with van der Waals surface area (Å²) in [6, 6.07) is 7.77. The highest BCUT2D eigenvalue weighted by atomic mass is 79.9. The van der Waals surface area contributed by atoms with Crippen LogP contribution < -0.4 is 18.9 Å². The zero-order chi connectivity index (χ0) is 33.2. The highest BCUT2D eigenvalue weighted by molar-refractivity contribution is 9.11. The maximum absolute atomic E-state index is 6.17. The van der Waals surface area contributed by atoms with Gasteiger partial charge in [0, 0.05) is 12.1 Å². The Morgan fingerprint density at radius 1 is 0.435 bits per heavy atom. The number of benzene rings is 2. The zero-order valence-corrected chi connectivity index (χ0v) is 32.4. The molecule has 0 spiro atoms. The summed E-state index contributed by atoms with van der Waals surface area (Å²) < 4.78 is 25.4. The predicted octanol–water partition coefficient (Wildman–Crippen LogP) is 13.2. The van der Waals surface area contributed by atoms with E-state index >= 15 is 0 Å². The maximum atomic E-state index is 6.17. The first kappa shape index (κ1) is 40.3.